The Hall–Kier alpha value is -1.81. The Bertz CT molecular complexity index is 599. The van der Waals surface area contributed by atoms with Crippen molar-refractivity contribution in [3.8, 4) is 5.75 Å². The Morgan fingerprint density at radius 3 is 3.05 bits per heavy atom. The van der Waals surface area contributed by atoms with E-state index in [4.69, 9.17) is 4.74 Å². The molecule has 0 amide bonds. The number of aromatic amines is 1. The van der Waals surface area contributed by atoms with E-state index in [1.165, 1.54) is 12.8 Å². The van der Waals surface area contributed by atoms with Crippen molar-refractivity contribution >= 4 is 16.7 Å². The topological polar surface area (TPSA) is 54.1 Å². The van der Waals surface area contributed by atoms with Crippen molar-refractivity contribution in [3.05, 3.63) is 30.0 Å². The second-order valence-electron chi connectivity index (χ2n) is 4.92. The molecule has 4 nitrogen and oxygen atoms in total. The first kappa shape index (κ1) is 12.2. The van der Waals surface area contributed by atoms with E-state index in [2.05, 4.69) is 10.3 Å². The lowest BCUT2D eigenvalue weighted by Crippen LogP contribution is -2.24. The summed E-state index contributed by atoms with van der Waals surface area (Å²) in [5.74, 6) is 0.936. The molecule has 0 atom stereocenters. The van der Waals surface area contributed by atoms with Crippen LogP contribution in [0.2, 0.25) is 0 Å². The molecule has 0 spiro atoms. The molecule has 2 aromatic rings. The number of fused-ring (bicyclic) bond motifs is 1. The van der Waals surface area contributed by atoms with Crippen molar-refractivity contribution in [1.29, 1.82) is 0 Å². The second-order valence-corrected chi connectivity index (χ2v) is 4.92. The zero-order chi connectivity index (χ0) is 13.2. The second kappa shape index (κ2) is 5.05. The fourth-order valence-corrected chi connectivity index (χ4v) is 2.21. The van der Waals surface area contributed by atoms with Gasteiger partial charge in [0.15, 0.2) is 5.78 Å². The van der Waals surface area contributed by atoms with Gasteiger partial charge in [-0.15, -0.1) is 0 Å². The maximum Gasteiger partial charge on any atom is 0.178 e. The SMILES string of the molecule is CCOc1ccc2[nH]cc(C(=O)CNC3CC3)c2c1. The Morgan fingerprint density at radius 2 is 2.32 bits per heavy atom. The molecule has 1 heterocycles. The number of ketones is 1. The van der Waals surface area contributed by atoms with Crippen molar-refractivity contribution in [2.24, 2.45) is 0 Å². The van der Waals surface area contributed by atoms with E-state index in [0.717, 1.165) is 22.2 Å². The van der Waals surface area contributed by atoms with Crippen LogP contribution >= 0.6 is 0 Å². The van der Waals surface area contributed by atoms with E-state index in [9.17, 15) is 4.79 Å². The van der Waals surface area contributed by atoms with Gasteiger partial charge in [-0.05, 0) is 38.0 Å². The van der Waals surface area contributed by atoms with E-state index in [1.54, 1.807) is 6.20 Å². The highest BCUT2D eigenvalue weighted by molar-refractivity contribution is 6.09. The highest BCUT2D eigenvalue weighted by Gasteiger charge is 2.22. The number of H-pyrrole nitrogens is 1. The van der Waals surface area contributed by atoms with Gasteiger partial charge in [0, 0.05) is 28.7 Å². The third-order valence-corrected chi connectivity index (χ3v) is 3.39. The van der Waals surface area contributed by atoms with Gasteiger partial charge in [0.1, 0.15) is 5.75 Å². The van der Waals surface area contributed by atoms with Gasteiger partial charge in [-0.3, -0.25) is 4.79 Å². The maximum atomic E-state index is 12.2. The summed E-state index contributed by atoms with van der Waals surface area (Å²) in [7, 11) is 0. The normalized spacial score (nSPS) is 14.8. The van der Waals surface area contributed by atoms with Crippen molar-refractivity contribution in [2.75, 3.05) is 13.2 Å². The fraction of sp³-hybridized carbons (Fsp3) is 0.400. The van der Waals surface area contributed by atoms with Crippen LogP contribution in [0, 0.1) is 0 Å². The molecule has 0 unspecified atom stereocenters. The Morgan fingerprint density at radius 1 is 1.47 bits per heavy atom. The van der Waals surface area contributed by atoms with Crippen molar-refractivity contribution in [1.82, 2.24) is 10.3 Å². The van der Waals surface area contributed by atoms with E-state index in [0.29, 0.717) is 19.2 Å². The van der Waals surface area contributed by atoms with Gasteiger partial charge in [-0.1, -0.05) is 0 Å². The molecule has 100 valence electrons. The number of hydrogen-bond acceptors (Lipinski definition) is 3. The molecule has 1 aromatic heterocycles. The average Bonchev–Trinajstić information content (AvgIpc) is 3.15. The lowest BCUT2D eigenvalue weighted by atomic mass is 10.1. The van der Waals surface area contributed by atoms with Crippen LogP contribution in [0.1, 0.15) is 30.1 Å². The number of ether oxygens (including phenoxy) is 1. The Labute approximate surface area is 112 Å². The lowest BCUT2D eigenvalue weighted by Gasteiger charge is -2.04. The number of benzene rings is 1. The molecule has 2 N–H and O–H groups in total. The molecule has 0 aliphatic heterocycles. The minimum absolute atomic E-state index is 0.131. The monoisotopic (exact) mass is 258 g/mol. The lowest BCUT2D eigenvalue weighted by molar-refractivity contribution is 0.0992. The van der Waals surface area contributed by atoms with Gasteiger partial charge in [-0.2, -0.15) is 0 Å². The standard InChI is InChI=1S/C15H18N2O2/c1-2-19-11-5-6-14-12(7-11)13(8-17-14)15(18)9-16-10-3-4-10/h5-8,10,16-17H,2-4,9H2,1H3. The molecule has 0 radical (unpaired) electrons. The van der Waals surface area contributed by atoms with E-state index >= 15 is 0 Å². The largest absolute Gasteiger partial charge is 0.494 e. The summed E-state index contributed by atoms with van der Waals surface area (Å²) in [6.07, 6.45) is 4.17. The number of carbonyl (C=O) groups excluding carboxylic acids is 1. The first-order valence-electron chi connectivity index (χ1n) is 6.78. The summed E-state index contributed by atoms with van der Waals surface area (Å²) < 4.78 is 5.49. The number of hydrogen-bond donors (Lipinski definition) is 2. The smallest absolute Gasteiger partial charge is 0.178 e. The van der Waals surface area contributed by atoms with Crippen LogP contribution in [0.4, 0.5) is 0 Å². The van der Waals surface area contributed by atoms with Crippen LogP contribution in [-0.2, 0) is 0 Å². The molecule has 0 saturated heterocycles. The average molecular weight is 258 g/mol. The first-order chi connectivity index (χ1) is 9.28. The highest BCUT2D eigenvalue weighted by atomic mass is 16.5. The van der Waals surface area contributed by atoms with Crippen LogP contribution in [0.15, 0.2) is 24.4 Å². The number of Topliss-reactive ketones (excluding diaryl/α,β-unsaturated/α-hetero) is 1. The number of aromatic nitrogens is 1. The summed E-state index contributed by atoms with van der Waals surface area (Å²) >= 11 is 0. The van der Waals surface area contributed by atoms with Crippen LogP contribution in [0.25, 0.3) is 10.9 Å². The molecule has 1 fully saturated rings. The third kappa shape index (κ3) is 2.63. The van der Waals surface area contributed by atoms with Crippen molar-refractivity contribution < 1.29 is 9.53 Å². The van der Waals surface area contributed by atoms with Gasteiger partial charge in [0.2, 0.25) is 0 Å². The van der Waals surface area contributed by atoms with Crippen LogP contribution in [0.5, 0.6) is 5.75 Å². The van der Waals surface area contributed by atoms with Gasteiger partial charge in [-0.25, -0.2) is 0 Å². The summed E-state index contributed by atoms with van der Waals surface area (Å²) in [6, 6.07) is 6.34. The molecule has 3 rings (SSSR count). The van der Waals surface area contributed by atoms with E-state index < -0.39 is 0 Å². The molecule has 1 aliphatic rings. The molecule has 4 heteroatoms. The van der Waals surface area contributed by atoms with Gasteiger partial charge < -0.3 is 15.0 Å². The molecular weight excluding hydrogens is 240 g/mol. The van der Waals surface area contributed by atoms with Gasteiger partial charge in [0.25, 0.3) is 0 Å². The van der Waals surface area contributed by atoms with Crippen LogP contribution in [0.3, 0.4) is 0 Å². The molecule has 1 saturated carbocycles. The van der Waals surface area contributed by atoms with Crippen LogP contribution < -0.4 is 10.1 Å². The van der Waals surface area contributed by atoms with Gasteiger partial charge in [0.05, 0.1) is 13.2 Å². The van der Waals surface area contributed by atoms with Gasteiger partial charge >= 0.3 is 0 Å². The minimum Gasteiger partial charge on any atom is -0.494 e. The molecule has 19 heavy (non-hydrogen) atoms. The predicted molar refractivity (Wildman–Crippen MR) is 74.8 cm³/mol. The predicted octanol–water partition coefficient (Wildman–Crippen LogP) is 2.50. The molecule has 0 bridgehead atoms. The van der Waals surface area contributed by atoms with Crippen LogP contribution in [-0.4, -0.2) is 30.0 Å². The van der Waals surface area contributed by atoms with Crippen molar-refractivity contribution in [3.63, 3.8) is 0 Å². The van der Waals surface area contributed by atoms with E-state index in [1.807, 2.05) is 25.1 Å². The molecule has 1 aliphatic carbocycles. The first-order valence-corrected chi connectivity index (χ1v) is 6.78. The van der Waals surface area contributed by atoms with E-state index in [-0.39, 0.29) is 5.78 Å². The fourth-order valence-electron chi connectivity index (χ4n) is 2.21. The summed E-state index contributed by atoms with van der Waals surface area (Å²) in [4.78, 5) is 15.3. The quantitative estimate of drug-likeness (QED) is 0.783. The third-order valence-electron chi connectivity index (χ3n) is 3.39. The Kier molecular flexibility index (Phi) is 3.25. The maximum absolute atomic E-state index is 12.2. The van der Waals surface area contributed by atoms with Crippen molar-refractivity contribution in [2.45, 2.75) is 25.8 Å². The molecular formula is C15H18N2O2. The summed E-state index contributed by atoms with van der Waals surface area (Å²) in [5, 5.41) is 4.19. The summed E-state index contributed by atoms with van der Waals surface area (Å²) in [6.45, 7) is 2.99. The zero-order valence-electron chi connectivity index (χ0n) is 11.0. The highest BCUT2D eigenvalue weighted by Crippen LogP contribution is 2.24. The number of rotatable bonds is 6. The molecule has 1 aromatic carbocycles. The Balaban J connectivity index is 1.84. The summed E-state index contributed by atoms with van der Waals surface area (Å²) in [5.41, 5.74) is 1.71. The minimum atomic E-state index is 0.131. The number of carbonyl (C=O) groups is 1. The zero-order valence-corrected chi connectivity index (χ0v) is 11.0. The number of nitrogens with one attached hydrogen (secondary N) is 2.